The third-order valence-electron chi connectivity index (χ3n) is 6.48. The lowest BCUT2D eigenvalue weighted by atomic mass is 9.95. The largest absolute Gasteiger partial charge is 0.493 e. The summed E-state index contributed by atoms with van der Waals surface area (Å²) < 4.78 is 18.4. The van der Waals surface area contributed by atoms with Crippen molar-refractivity contribution < 1.29 is 28.6 Å². The van der Waals surface area contributed by atoms with Crippen molar-refractivity contribution in [1.82, 2.24) is 20.6 Å². The van der Waals surface area contributed by atoms with Gasteiger partial charge in [0, 0.05) is 34.9 Å². The summed E-state index contributed by atoms with van der Waals surface area (Å²) in [7, 11) is 3.44. The number of ether oxygens (including phenoxy) is 3. The van der Waals surface area contributed by atoms with Crippen LogP contribution in [0.5, 0.6) is 11.5 Å². The zero-order chi connectivity index (χ0) is 28.1. The number of carbonyl (C=O) groups excluding carboxylic acids is 3. The van der Waals surface area contributed by atoms with Gasteiger partial charge in [0.25, 0.3) is 5.91 Å². The number of para-hydroxylation sites is 1. The predicted octanol–water partition coefficient (Wildman–Crippen LogP) is 3.22. The number of nitrogens with one attached hydrogen (secondary N) is 3. The second kappa shape index (κ2) is 11.7. The van der Waals surface area contributed by atoms with Crippen molar-refractivity contribution >= 4 is 35.0 Å². The number of hydrogen-bond donors (Lipinski definition) is 3. The van der Waals surface area contributed by atoms with E-state index in [9.17, 15) is 14.4 Å². The molecule has 0 spiro atoms. The van der Waals surface area contributed by atoms with E-state index in [4.69, 9.17) is 14.2 Å². The summed E-state index contributed by atoms with van der Waals surface area (Å²) in [6.45, 7) is 5.22. The van der Waals surface area contributed by atoms with Crippen LogP contribution in [-0.2, 0) is 21.4 Å². The first kappa shape index (κ1) is 27.2. The van der Waals surface area contributed by atoms with Crippen molar-refractivity contribution in [2.75, 3.05) is 20.3 Å². The molecule has 3 N–H and O–H groups in total. The van der Waals surface area contributed by atoms with Crippen LogP contribution in [0, 0.1) is 6.92 Å². The number of amides is 3. The number of nitrogens with zero attached hydrogens (tertiary/aromatic N) is 2. The molecule has 2 heterocycles. The number of fused-ring (bicyclic) bond motifs is 1. The molecule has 204 valence electrons. The number of urea groups is 1. The summed E-state index contributed by atoms with van der Waals surface area (Å²) in [6.07, 6.45) is 1.62. The maximum absolute atomic E-state index is 12.6. The van der Waals surface area contributed by atoms with Gasteiger partial charge < -0.3 is 29.4 Å². The third kappa shape index (κ3) is 5.71. The maximum Gasteiger partial charge on any atom is 0.338 e. The Morgan fingerprint density at radius 3 is 2.67 bits per heavy atom. The van der Waals surface area contributed by atoms with E-state index in [0.29, 0.717) is 22.8 Å². The summed E-state index contributed by atoms with van der Waals surface area (Å²) in [6, 6.07) is 11.7. The van der Waals surface area contributed by atoms with Crippen molar-refractivity contribution in [3.8, 4) is 11.5 Å². The van der Waals surface area contributed by atoms with Gasteiger partial charge in [0.1, 0.15) is 0 Å². The van der Waals surface area contributed by atoms with Gasteiger partial charge in [-0.1, -0.05) is 24.3 Å². The predicted molar refractivity (Wildman–Crippen MR) is 146 cm³/mol. The number of hydrogen-bond acceptors (Lipinski definition) is 7. The molecule has 0 aliphatic carbocycles. The van der Waals surface area contributed by atoms with Gasteiger partial charge in [-0.2, -0.15) is 5.10 Å². The molecule has 11 nitrogen and oxygen atoms in total. The van der Waals surface area contributed by atoms with Crippen molar-refractivity contribution in [3.05, 3.63) is 70.6 Å². The molecular weight excluding hydrogens is 502 g/mol. The third-order valence-corrected chi connectivity index (χ3v) is 6.48. The number of esters is 1. The zero-order valence-corrected chi connectivity index (χ0v) is 22.5. The molecule has 1 aliphatic heterocycles. The van der Waals surface area contributed by atoms with Gasteiger partial charge in [-0.05, 0) is 44.5 Å². The maximum atomic E-state index is 12.6. The molecule has 1 aliphatic rings. The number of aryl methyl sites for hydroxylation is 1. The Balaban J connectivity index is 1.44. The van der Waals surface area contributed by atoms with Gasteiger partial charge in [-0.3, -0.25) is 4.79 Å². The topological polar surface area (TPSA) is 132 Å². The van der Waals surface area contributed by atoms with E-state index in [-0.39, 0.29) is 18.8 Å². The molecule has 1 aromatic heterocycles. The van der Waals surface area contributed by atoms with Crippen LogP contribution in [0.2, 0.25) is 0 Å². The average Bonchev–Trinajstić information content (AvgIpc) is 3.16. The summed E-state index contributed by atoms with van der Waals surface area (Å²) in [4.78, 5) is 37.1. The number of rotatable bonds is 9. The molecule has 0 saturated carbocycles. The number of carbonyl (C=O) groups is 3. The Hall–Kier alpha value is -4.80. The molecule has 3 amide bonds. The highest BCUT2D eigenvalue weighted by atomic mass is 16.5. The molecule has 4 rings (SSSR count). The molecular formula is C28H31N5O6. The molecule has 3 aromatic rings. The Bertz CT molecular complexity index is 1490. The van der Waals surface area contributed by atoms with E-state index in [1.165, 1.54) is 7.11 Å². The van der Waals surface area contributed by atoms with E-state index in [1.54, 1.807) is 38.3 Å². The normalized spacial score (nSPS) is 15.2. The van der Waals surface area contributed by atoms with Gasteiger partial charge in [0.2, 0.25) is 0 Å². The van der Waals surface area contributed by atoms with Gasteiger partial charge in [0.05, 0.1) is 31.5 Å². The van der Waals surface area contributed by atoms with E-state index >= 15 is 0 Å². The van der Waals surface area contributed by atoms with Crippen LogP contribution in [0.1, 0.15) is 36.7 Å². The molecule has 0 saturated heterocycles. The Morgan fingerprint density at radius 1 is 1.15 bits per heavy atom. The van der Waals surface area contributed by atoms with Gasteiger partial charge >= 0.3 is 12.0 Å². The molecule has 0 bridgehead atoms. The molecule has 11 heteroatoms. The highest BCUT2D eigenvalue weighted by Crippen LogP contribution is 2.34. The lowest BCUT2D eigenvalue weighted by Crippen LogP contribution is -2.45. The first-order chi connectivity index (χ1) is 18.7. The van der Waals surface area contributed by atoms with Crippen LogP contribution in [0.3, 0.4) is 0 Å². The number of benzene rings is 2. The second-order valence-corrected chi connectivity index (χ2v) is 8.86. The van der Waals surface area contributed by atoms with Crippen LogP contribution >= 0.6 is 0 Å². The summed E-state index contributed by atoms with van der Waals surface area (Å²) in [5.74, 6) is -0.362. The molecule has 39 heavy (non-hydrogen) atoms. The Labute approximate surface area is 225 Å². The van der Waals surface area contributed by atoms with Crippen molar-refractivity contribution in [2.24, 2.45) is 12.1 Å². The highest BCUT2D eigenvalue weighted by molar-refractivity contribution is 6.01. The zero-order valence-electron chi connectivity index (χ0n) is 22.5. The molecule has 1 atom stereocenters. The second-order valence-electron chi connectivity index (χ2n) is 8.86. The van der Waals surface area contributed by atoms with Crippen LogP contribution in [-0.4, -0.2) is 49.0 Å². The first-order valence-corrected chi connectivity index (χ1v) is 12.4. The molecule has 0 radical (unpaired) electrons. The summed E-state index contributed by atoms with van der Waals surface area (Å²) >= 11 is 0. The Morgan fingerprint density at radius 2 is 1.92 bits per heavy atom. The van der Waals surface area contributed by atoms with Crippen molar-refractivity contribution in [1.29, 1.82) is 0 Å². The fraction of sp³-hybridized carbons (Fsp3) is 0.286. The van der Waals surface area contributed by atoms with Gasteiger partial charge in [0.15, 0.2) is 18.1 Å². The molecule has 0 unspecified atom stereocenters. The van der Waals surface area contributed by atoms with E-state index in [2.05, 4.69) is 25.7 Å². The summed E-state index contributed by atoms with van der Waals surface area (Å²) in [5.41, 5.74) is 6.77. The first-order valence-electron chi connectivity index (χ1n) is 12.4. The van der Waals surface area contributed by atoms with Crippen molar-refractivity contribution in [3.63, 3.8) is 0 Å². The smallest absolute Gasteiger partial charge is 0.338 e. The Kier molecular flexibility index (Phi) is 8.18. The van der Waals surface area contributed by atoms with E-state index in [1.807, 2.05) is 38.2 Å². The monoisotopic (exact) mass is 533 g/mol. The van der Waals surface area contributed by atoms with Gasteiger partial charge in [-0.15, -0.1) is 0 Å². The van der Waals surface area contributed by atoms with E-state index in [0.717, 1.165) is 22.2 Å². The fourth-order valence-corrected chi connectivity index (χ4v) is 4.46. The SMILES string of the molecule is CCOC(=O)C1=C(C)NC(=O)N[C@@H]1c1ccc(OCC(=O)N/N=C\c2c(C)n(C)c3ccccc23)c(OC)c1. The number of allylic oxidation sites excluding steroid dienone is 1. The number of aromatic nitrogens is 1. The minimum atomic E-state index is -0.754. The average molecular weight is 534 g/mol. The minimum absolute atomic E-state index is 0.194. The number of hydrazone groups is 1. The van der Waals surface area contributed by atoms with Crippen LogP contribution < -0.4 is 25.5 Å². The molecule has 2 aromatic carbocycles. The van der Waals surface area contributed by atoms with Crippen LogP contribution in [0.15, 0.2) is 58.8 Å². The lowest BCUT2D eigenvalue weighted by molar-refractivity contribution is -0.139. The quantitative estimate of drug-likeness (QED) is 0.220. The van der Waals surface area contributed by atoms with E-state index < -0.39 is 23.9 Å². The van der Waals surface area contributed by atoms with Crippen LogP contribution in [0.25, 0.3) is 10.9 Å². The summed E-state index contributed by atoms with van der Waals surface area (Å²) in [5, 5.41) is 10.5. The minimum Gasteiger partial charge on any atom is -0.493 e. The number of methoxy groups -OCH3 is 1. The standard InChI is InChI=1S/C28H31N5O6/c1-6-38-27(35)25-16(2)30-28(36)31-26(25)18-11-12-22(23(13-18)37-5)39-15-24(34)32-29-14-20-17(3)33(4)21-10-8-7-9-19(20)21/h7-14,26H,6,15H2,1-5H3,(H,32,34)(H2,30,31,36)/b29-14-/t26-/m1/s1. The van der Waals surface area contributed by atoms with Gasteiger partial charge in [-0.25, -0.2) is 15.0 Å². The van der Waals surface area contributed by atoms with Crippen molar-refractivity contribution in [2.45, 2.75) is 26.8 Å². The highest BCUT2D eigenvalue weighted by Gasteiger charge is 2.32. The molecule has 0 fully saturated rings. The lowest BCUT2D eigenvalue weighted by Gasteiger charge is -2.28. The van der Waals surface area contributed by atoms with Crippen LogP contribution in [0.4, 0.5) is 4.79 Å². The fourth-order valence-electron chi connectivity index (χ4n) is 4.46.